The van der Waals surface area contributed by atoms with Crippen LogP contribution in [0.25, 0.3) is 0 Å². The van der Waals surface area contributed by atoms with E-state index in [4.69, 9.17) is 4.74 Å². The van der Waals surface area contributed by atoms with Gasteiger partial charge in [-0.1, -0.05) is 39.0 Å². The average molecular weight is 316 g/mol. The molecule has 0 spiro atoms. The monoisotopic (exact) mass is 316 g/mol. The van der Waals surface area contributed by atoms with Crippen molar-refractivity contribution in [2.24, 2.45) is 16.4 Å². The van der Waals surface area contributed by atoms with Crippen molar-refractivity contribution in [2.75, 3.05) is 6.61 Å². The molecule has 0 aromatic heterocycles. The Labute approximate surface area is 139 Å². The summed E-state index contributed by atoms with van der Waals surface area (Å²) in [5.41, 5.74) is 5.09. The van der Waals surface area contributed by atoms with Crippen molar-refractivity contribution in [2.45, 2.75) is 53.4 Å². The van der Waals surface area contributed by atoms with E-state index in [-0.39, 0.29) is 12.5 Å². The van der Waals surface area contributed by atoms with Crippen molar-refractivity contribution >= 4 is 11.6 Å². The third-order valence-corrected chi connectivity index (χ3v) is 4.58. The molecule has 0 heterocycles. The molecular formula is C19H28N2O2. The fourth-order valence-electron chi connectivity index (χ4n) is 2.96. The molecule has 1 aliphatic carbocycles. The van der Waals surface area contributed by atoms with Crippen molar-refractivity contribution < 1.29 is 9.53 Å². The number of aryl methyl sites for hydroxylation is 1. The first-order chi connectivity index (χ1) is 10.9. The van der Waals surface area contributed by atoms with Crippen LogP contribution in [0.15, 0.2) is 29.4 Å². The molecule has 1 aromatic carbocycles. The molecule has 0 unspecified atom stereocenters. The van der Waals surface area contributed by atoms with Gasteiger partial charge in [0.05, 0.1) is 0 Å². The number of para-hydroxylation sites is 1. The predicted octanol–water partition coefficient (Wildman–Crippen LogP) is 4.08. The van der Waals surface area contributed by atoms with Gasteiger partial charge < -0.3 is 4.74 Å². The van der Waals surface area contributed by atoms with E-state index in [1.54, 1.807) is 0 Å². The molecule has 0 saturated heterocycles. The first kappa shape index (κ1) is 17.5. The second-order valence-electron chi connectivity index (χ2n) is 7.41. The average Bonchev–Trinajstić information content (AvgIpc) is 2.51. The Morgan fingerprint density at radius 3 is 2.52 bits per heavy atom. The molecular weight excluding hydrogens is 288 g/mol. The Morgan fingerprint density at radius 2 is 1.91 bits per heavy atom. The van der Waals surface area contributed by atoms with Crippen LogP contribution in [0.3, 0.4) is 0 Å². The molecule has 23 heavy (non-hydrogen) atoms. The minimum atomic E-state index is -0.210. The van der Waals surface area contributed by atoms with Gasteiger partial charge in [-0.25, -0.2) is 5.43 Å². The Balaban J connectivity index is 1.75. The van der Waals surface area contributed by atoms with Crippen LogP contribution < -0.4 is 10.2 Å². The van der Waals surface area contributed by atoms with Gasteiger partial charge >= 0.3 is 0 Å². The van der Waals surface area contributed by atoms with E-state index in [9.17, 15) is 4.79 Å². The van der Waals surface area contributed by atoms with E-state index in [0.29, 0.717) is 5.41 Å². The molecule has 1 saturated carbocycles. The van der Waals surface area contributed by atoms with Crippen molar-refractivity contribution in [1.29, 1.82) is 0 Å². The van der Waals surface area contributed by atoms with E-state index in [1.807, 2.05) is 31.2 Å². The largest absolute Gasteiger partial charge is 0.483 e. The van der Waals surface area contributed by atoms with E-state index < -0.39 is 0 Å². The van der Waals surface area contributed by atoms with E-state index >= 15 is 0 Å². The van der Waals surface area contributed by atoms with E-state index in [1.165, 1.54) is 0 Å². The van der Waals surface area contributed by atoms with Gasteiger partial charge in [-0.15, -0.1) is 0 Å². The number of nitrogens with one attached hydrogen (secondary N) is 1. The molecule has 4 heteroatoms. The molecule has 1 aliphatic rings. The minimum absolute atomic E-state index is 0.00769. The summed E-state index contributed by atoms with van der Waals surface area (Å²) < 4.78 is 5.52. The molecule has 4 nitrogen and oxygen atoms in total. The van der Waals surface area contributed by atoms with E-state index in [0.717, 1.165) is 48.6 Å². The maximum absolute atomic E-state index is 11.9. The van der Waals surface area contributed by atoms with Crippen LogP contribution in [0.5, 0.6) is 5.75 Å². The highest BCUT2D eigenvalue weighted by molar-refractivity contribution is 5.87. The number of hydrazone groups is 1. The zero-order chi connectivity index (χ0) is 16.9. The lowest BCUT2D eigenvalue weighted by atomic mass is 9.72. The fraction of sp³-hybridized carbons (Fsp3) is 0.579. The van der Waals surface area contributed by atoms with Crippen LogP contribution in [0.4, 0.5) is 0 Å². The van der Waals surface area contributed by atoms with Gasteiger partial charge in [0.25, 0.3) is 5.91 Å². The first-order valence-corrected chi connectivity index (χ1v) is 8.39. The van der Waals surface area contributed by atoms with Gasteiger partial charge in [-0.3, -0.25) is 4.79 Å². The molecule has 0 radical (unpaired) electrons. The lowest BCUT2D eigenvalue weighted by Crippen LogP contribution is -2.29. The van der Waals surface area contributed by atoms with Gasteiger partial charge in [-0.05, 0) is 55.6 Å². The second-order valence-corrected chi connectivity index (χ2v) is 7.41. The lowest BCUT2D eigenvalue weighted by molar-refractivity contribution is -0.123. The summed E-state index contributed by atoms with van der Waals surface area (Å²) in [5, 5.41) is 4.27. The third kappa shape index (κ3) is 5.38. The summed E-state index contributed by atoms with van der Waals surface area (Å²) in [6, 6.07) is 7.67. The number of benzene rings is 1. The molecule has 1 aromatic rings. The topological polar surface area (TPSA) is 50.7 Å². The zero-order valence-corrected chi connectivity index (χ0v) is 14.7. The molecule has 0 bridgehead atoms. The van der Waals surface area contributed by atoms with Gasteiger partial charge in [0.1, 0.15) is 5.75 Å². The number of hydrogen-bond donors (Lipinski definition) is 1. The zero-order valence-electron chi connectivity index (χ0n) is 14.7. The van der Waals surface area contributed by atoms with Crippen LogP contribution >= 0.6 is 0 Å². The minimum Gasteiger partial charge on any atom is -0.483 e. The van der Waals surface area contributed by atoms with Crippen LogP contribution in [0.1, 0.15) is 52.0 Å². The normalized spacial score (nSPS) is 18.4. The maximum atomic E-state index is 11.9. The quantitative estimate of drug-likeness (QED) is 0.851. The van der Waals surface area contributed by atoms with Crippen LogP contribution in [0, 0.1) is 18.3 Å². The number of carbonyl (C=O) groups excluding carboxylic acids is 1. The van der Waals surface area contributed by atoms with Crippen LogP contribution in [-0.2, 0) is 4.79 Å². The lowest BCUT2D eigenvalue weighted by Gasteiger charge is -2.34. The van der Waals surface area contributed by atoms with Crippen molar-refractivity contribution in [3.8, 4) is 5.75 Å². The number of ether oxygens (including phenoxy) is 1. The highest BCUT2D eigenvalue weighted by Gasteiger charge is 2.28. The summed E-state index contributed by atoms with van der Waals surface area (Å²) in [6.45, 7) is 8.84. The van der Waals surface area contributed by atoms with E-state index in [2.05, 4.69) is 31.3 Å². The Morgan fingerprint density at radius 1 is 1.26 bits per heavy atom. The van der Waals surface area contributed by atoms with Crippen molar-refractivity contribution in [3.63, 3.8) is 0 Å². The Bertz CT molecular complexity index is 563. The fourth-order valence-corrected chi connectivity index (χ4v) is 2.96. The highest BCUT2D eigenvalue weighted by atomic mass is 16.5. The summed E-state index contributed by atoms with van der Waals surface area (Å²) >= 11 is 0. The second kappa shape index (κ2) is 7.62. The summed E-state index contributed by atoms with van der Waals surface area (Å²) in [6.07, 6.45) is 4.25. The molecule has 2 rings (SSSR count). The first-order valence-electron chi connectivity index (χ1n) is 8.39. The number of hydrogen-bond acceptors (Lipinski definition) is 3. The Kier molecular flexibility index (Phi) is 5.80. The molecule has 0 aliphatic heterocycles. The molecule has 1 amide bonds. The number of nitrogens with zero attached hydrogens (tertiary/aromatic N) is 1. The van der Waals surface area contributed by atoms with Gasteiger partial charge in [-0.2, -0.15) is 5.10 Å². The highest BCUT2D eigenvalue weighted by Crippen LogP contribution is 2.36. The van der Waals surface area contributed by atoms with Gasteiger partial charge in [0, 0.05) is 5.71 Å². The molecule has 126 valence electrons. The number of carbonyl (C=O) groups is 1. The van der Waals surface area contributed by atoms with Crippen molar-refractivity contribution in [3.05, 3.63) is 29.8 Å². The third-order valence-electron chi connectivity index (χ3n) is 4.58. The Hall–Kier alpha value is -1.84. The standard InChI is InChI=1S/C19H28N2O2/c1-14-7-5-6-8-17(14)23-13-18(22)21-20-16-11-9-15(10-12-16)19(2,3)4/h5-8,15H,9-13H2,1-4H3,(H,21,22). The molecule has 1 fully saturated rings. The smallest absolute Gasteiger partial charge is 0.277 e. The maximum Gasteiger partial charge on any atom is 0.277 e. The number of rotatable bonds is 4. The number of amides is 1. The molecule has 1 N–H and O–H groups in total. The summed E-state index contributed by atoms with van der Waals surface area (Å²) in [7, 11) is 0. The summed E-state index contributed by atoms with van der Waals surface area (Å²) in [4.78, 5) is 11.9. The predicted molar refractivity (Wildman–Crippen MR) is 93.7 cm³/mol. The molecule has 0 atom stereocenters. The summed E-state index contributed by atoms with van der Waals surface area (Å²) in [5.74, 6) is 1.27. The SMILES string of the molecule is Cc1ccccc1OCC(=O)NN=C1CCC(C(C)(C)C)CC1. The van der Waals surface area contributed by atoms with Crippen LogP contribution in [0.2, 0.25) is 0 Å². The van der Waals surface area contributed by atoms with Crippen LogP contribution in [-0.4, -0.2) is 18.2 Å². The van der Waals surface area contributed by atoms with Gasteiger partial charge in [0.15, 0.2) is 6.61 Å². The van der Waals surface area contributed by atoms with Crippen molar-refractivity contribution in [1.82, 2.24) is 5.43 Å². The van der Waals surface area contributed by atoms with Gasteiger partial charge in [0.2, 0.25) is 0 Å².